The van der Waals surface area contributed by atoms with Crippen molar-refractivity contribution >= 4 is 17.5 Å². The molecular formula is C22H26N2O4. The lowest BCUT2D eigenvalue weighted by atomic mass is 10.1. The first kappa shape index (κ1) is 19.7. The fourth-order valence-corrected chi connectivity index (χ4v) is 3.29. The van der Waals surface area contributed by atoms with Crippen molar-refractivity contribution < 1.29 is 19.1 Å². The number of amides is 2. The molecule has 3 rings (SSSR count). The topological polar surface area (TPSA) is 59.1 Å². The van der Waals surface area contributed by atoms with Crippen LogP contribution in [-0.2, 0) is 16.1 Å². The molecule has 1 saturated heterocycles. The van der Waals surface area contributed by atoms with E-state index in [1.807, 2.05) is 37.3 Å². The highest BCUT2D eigenvalue weighted by molar-refractivity contribution is 5.95. The summed E-state index contributed by atoms with van der Waals surface area (Å²) < 4.78 is 11.1. The maximum Gasteiger partial charge on any atom is 0.260 e. The number of rotatable bonds is 7. The zero-order chi connectivity index (χ0) is 20.1. The molecule has 0 saturated carbocycles. The summed E-state index contributed by atoms with van der Waals surface area (Å²) in [5, 5.41) is 0. The molecule has 2 amide bonds. The molecule has 0 aliphatic carbocycles. The molecule has 0 aromatic heterocycles. The SMILES string of the molecule is COc1ccc(C)cc1CN(C)C(=O)COc1cccc(N2CCCC2=O)c1. The fourth-order valence-electron chi connectivity index (χ4n) is 3.29. The van der Waals surface area contributed by atoms with Gasteiger partial charge in [-0.3, -0.25) is 9.59 Å². The van der Waals surface area contributed by atoms with Crippen molar-refractivity contribution in [2.24, 2.45) is 0 Å². The lowest BCUT2D eigenvalue weighted by molar-refractivity contribution is -0.132. The third kappa shape index (κ3) is 4.63. The van der Waals surface area contributed by atoms with Crippen molar-refractivity contribution in [3.05, 3.63) is 53.6 Å². The minimum Gasteiger partial charge on any atom is -0.496 e. The van der Waals surface area contributed by atoms with Gasteiger partial charge in [-0.1, -0.05) is 23.8 Å². The van der Waals surface area contributed by atoms with Gasteiger partial charge in [-0.25, -0.2) is 0 Å². The van der Waals surface area contributed by atoms with Gasteiger partial charge in [0, 0.05) is 43.9 Å². The average Bonchev–Trinajstić information content (AvgIpc) is 3.12. The van der Waals surface area contributed by atoms with Gasteiger partial charge < -0.3 is 19.3 Å². The Hall–Kier alpha value is -3.02. The first-order valence-corrected chi connectivity index (χ1v) is 9.38. The molecule has 2 aromatic carbocycles. The Morgan fingerprint density at radius 3 is 2.75 bits per heavy atom. The van der Waals surface area contributed by atoms with E-state index in [2.05, 4.69) is 0 Å². The summed E-state index contributed by atoms with van der Waals surface area (Å²) >= 11 is 0. The van der Waals surface area contributed by atoms with Crippen LogP contribution in [0.25, 0.3) is 0 Å². The zero-order valence-electron chi connectivity index (χ0n) is 16.6. The quantitative estimate of drug-likeness (QED) is 0.738. The number of carbonyl (C=O) groups excluding carboxylic acids is 2. The second-order valence-corrected chi connectivity index (χ2v) is 7.00. The van der Waals surface area contributed by atoms with Crippen molar-refractivity contribution in [3.63, 3.8) is 0 Å². The van der Waals surface area contributed by atoms with E-state index in [4.69, 9.17) is 9.47 Å². The normalized spacial score (nSPS) is 13.5. The van der Waals surface area contributed by atoms with Gasteiger partial charge in [-0.05, 0) is 31.5 Å². The number of anilines is 1. The Bertz CT molecular complexity index is 865. The van der Waals surface area contributed by atoms with Crippen molar-refractivity contribution in [1.29, 1.82) is 0 Å². The van der Waals surface area contributed by atoms with Crippen LogP contribution >= 0.6 is 0 Å². The molecule has 1 aliphatic heterocycles. The van der Waals surface area contributed by atoms with E-state index in [1.54, 1.807) is 36.1 Å². The first-order chi connectivity index (χ1) is 13.5. The largest absolute Gasteiger partial charge is 0.496 e. The molecule has 28 heavy (non-hydrogen) atoms. The maximum absolute atomic E-state index is 12.5. The van der Waals surface area contributed by atoms with Crippen molar-refractivity contribution in [3.8, 4) is 11.5 Å². The molecule has 0 N–H and O–H groups in total. The van der Waals surface area contributed by atoms with Crippen molar-refractivity contribution in [2.75, 3.05) is 32.2 Å². The van der Waals surface area contributed by atoms with E-state index in [-0.39, 0.29) is 18.4 Å². The number of carbonyl (C=O) groups is 2. The smallest absolute Gasteiger partial charge is 0.260 e. The van der Waals surface area contributed by atoms with Crippen LogP contribution in [0.2, 0.25) is 0 Å². The molecule has 1 fully saturated rings. The minimum absolute atomic E-state index is 0.0674. The number of hydrogen-bond acceptors (Lipinski definition) is 4. The number of likely N-dealkylation sites (N-methyl/N-ethyl adjacent to an activating group) is 1. The Kier molecular flexibility index (Phi) is 6.19. The Morgan fingerprint density at radius 1 is 1.21 bits per heavy atom. The molecule has 2 aromatic rings. The van der Waals surface area contributed by atoms with E-state index in [9.17, 15) is 9.59 Å². The summed E-state index contributed by atoms with van der Waals surface area (Å²) in [6.07, 6.45) is 1.45. The monoisotopic (exact) mass is 382 g/mol. The number of ether oxygens (including phenoxy) is 2. The van der Waals surface area contributed by atoms with E-state index in [0.29, 0.717) is 18.7 Å². The third-order valence-electron chi connectivity index (χ3n) is 4.83. The molecule has 0 atom stereocenters. The molecular weight excluding hydrogens is 356 g/mol. The summed E-state index contributed by atoms with van der Waals surface area (Å²) in [7, 11) is 3.37. The van der Waals surface area contributed by atoms with Gasteiger partial charge >= 0.3 is 0 Å². The van der Waals surface area contributed by atoms with E-state index >= 15 is 0 Å². The standard InChI is InChI=1S/C22H26N2O4/c1-16-9-10-20(27-3)17(12-16)14-23(2)22(26)15-28-19-7-4-6-18(13-19)24-11-5-8-21(24)25/h4,6-7,9-10,12-13H,5,8,11,14-15H2,1-3H3. The Morgan fingerprint density at radius 2 is 2.04 bits per heavy atom. The first-order valence-electron chi connectivity index (χ1n) is 9.38. The summed E-state index contributed by atoms with van der Waals surface area (Å²) in [6.45, 7) is 3.10. The number of aryl methyl sites for hydroxylation is 1. The van der Waals surface area contributed by atoms with Crippen LogP contribution in [0.15, 0.2) is 42.5 Å². The van der Waals surface area contributed by atoms with Gasteiger partial charge in [-0.15, -0.1) is 0 Å². The van der Waals surface area contributed by atoms with Crippen molar-refractivity contribution in [2.45, 2.75) is 26.3 Å². The summed E-state index contributed by atoms with van der Waals surface area (Å²) in [5.41, 5.74) is 2.87. The number of hydrogen-bond donors (Lipinski definition) is 0. The molecule has 0 unspecified atom stereocenters. The second-order valence-electron chi connectivity index (χ2n) is 7.00. The van der Waals surface area contributed by atoms with Crippen LogP contribution in [0, 0.1) is 6.92 Å². The number of methoxy groups -OCH3 is 1. The van der Waals surface area contributed by atoms with Gasteiger partial charge in [0.05, 0.1) is 7.11 Å². The van der Waals surface area contributed by atoms with Crippen LogP contribution in [0.4, 0.5) is 5.69 Å². The van der Waals surface area contributed by atoms with Crippen molar-refractivity contribution in [1.82, 2.24) is 4.90 Å². The lowest BCUT2D eigenvalue weighted by Crippen LogP contribution is -2.31. The number of benzene rings is 2. The predicted molar refractivity (Wildman–Crippen MR) is 108 cm³/mol. The molecule has 0 bridgehead atoms. The van der Waals surface area contributed by atoms with Crippen LogP contribution in [0.1, 0.15) is 24.0 Å². The Labute approximate surface area is 165 Å². The summed E-state index contributed by atoms with van der Waals surface area (Å²) in [6, 6.07) is 13.2. The Balaban J connectivity index is 1.59. The highest BCUT2D eigenvalue weighted by atomic mass is 16.5. The molecule has 1 heterocycles. The van der Waals surface area contributed by atoms with Crippen LogP contribution < -0.4 is 14.4 Å². The van der Waals surface area contributed by atoms with Gasteiger partial charge in [0.25, 0.3) is 5.91 Å². The fraction of sp³-hybridized carbons (Fsp3) is 0.364. The second kappa shape index (κ2) is 8.78. The van der Waals surface area contributed by atoms with E-state index in [0.717, 1.165) is 35.5 Å². The van der Waals surface area contributed by atoms with Crippen LogP contribution in [0.5, 0.6) is 11.5 Å². The lowest BCUT2D eigenvalue weighted by Gasteiger charge is -2.20. The van der Waals surface area contributed by atoms with Gasteiger partial charge in [0.2, 0.25) is 5.91 Å². The third-order valence-corrected chi connectivity index (χ3v) is 4.83. The van der Waals surface area contributed by atoms with Gasteiger partial charge in [0.1, 0.15) is 11.5 Å². The molecule has 6 nitrogen and oxygen atoms in total. The zero-order valence-corrected chi connectivity index (χ0v) is 16.6. The summed E-state index contributed by atoms with van der Waals surface area (Å²) in [4.78, 5) is 27.8. The van der Waals surface area contributed by atoms with Crippen LogP contribution in [0.3, 0.4) is 0 Å². The highest BCUT2D eigenvalue weighted by Gasteiger charge is 2.22. The maximum atomic E-state index is 12.5. The predicted octanol–water partition coefficient (Wildman–Crippen LogP) is 3.17. The minimum atomic E-state index is -0.133. The van der Waals surface area contributed by atoms with Gasteiger partial charge in [0.15, 0.2) is 6.61 Å². The number of nitrogens with zero attached hydrogens (tertiary/aromatic N) is 2. The van der Waals surface area contributed by atoms with E-state index in [1.165, 1.54) is 0 Å². The highest BCUT2D eigenvalue weighted by Crippen LogP contribution is 2.25. The van der Waals surface area contributed by atoms with E-state index < -0.39 is 0 Å². The molecule has 6 heteroatoms. The molecule has 0 spiro atoms. The summed E-state index contributed by atoms with van der Waals surface area (Å²) in [5.74, 6) is 1.33. The average molecular weight is 382 g/mol. The van der Waals surface area contributed by atoms with Crippen LogP contribution in [-0.4, -0.2) is 44.0 Å². The molecule has 148 valence electrons. The molecule has 1 aliphatic rings. The molecule has 0 radical (unpaired) electrons. The van der Waals surface area contributed by atoms with Gasteiger partial charge in [-0.2, -0.15) is 0 Å².